The van der Waals surface area contributed by atoms with Crippen LogP contribution in [0.5, 0.6) is 0 Å². The molecule has 3 heterocycles. The van der Waals surface area contributed by atoms with E-state index in [1.54, 1.807) is 23.0 Å². The fourth-order valence-electron chi connectivity index (χ4n) is 4.48. The number of carbonyl (C=O) groups excluding carboxylic acids is 2. The van der Waals surface area contributed by atoms with Crippen LogP contribution in [0.3, 0.4) is 0 Å². The number of alkyl halides is 2. The van der Waals surface area contributed by atoms with Gasteiger partial charge in [0.05, 0.1) is 17.9 Å². The summed E-state index contributed by atoms with van der Waals surface area (Å²) >= 11 is 0. The Labute approximate surface area is 216 Å². The molecule has 2 amide bonds. The van der Waals surface area contributed by atoms with E-state index in [1.165, 1.54) is 24.4 Å². The second-order valence-corrected chi connectivity index (χ2v) is 9.15. The number of halogens is 3. The zero-order valence-electron chi connectivity index (χ0n) is 20.3. The van der Waals surface area contributed by atoms with E-state index in [1.807, 2.05) is 29.2 Å². The van der Waals surface area contributed by atoms with Crippen molar-refractivity contribution in [2.24, 2.45) is 0 Å². The predicted molar refractivity (Wildman–Crippen MR) is 133 cm³/mol. The molecule has 0 saturated carbocycles. The lowest BCUT2D eigenvalue weighted by Gasteiger charge is -2.32. The molecule has 2 aromatic carbocycles. The molecule has 0 spiro atoms. The van der Waals surface area contributed by atoms with Gasteiger partial charge in [0.1, 0.15) is 5.82 Å². The van der Waals surface area contributed by atoms with Crippen LogP contribution >= 0.6 is 0 Å². The Morgan fingerprint density at radius 3 is 2.26 bits per heavy atom. The molecule has 0 radical (unpaired) electrons. The van der Waals surface area contributed by atoms with Crippen molar-refractivity contribution < 1.29 is 22.8 Å². The van der Waals surface area contributed by atoms with Crippen LogP contribution in [0.4, 0.5) is 18.9 Å². The third-order valence-electron chi connectivity index (χ3n) is 6.55. The molecule has 0 aliphatic carbocycles. The second kappa shape index (κ2) is 10.9. The smallest absolute Gasteiger partial charge is 0.333 e. The zero-order chi connectivity index (χ0) is 26.6. The first kappa shape index (κ1) is 25.2. The largest absolute Gasteiger partial charge is 0.338 e. The van der Waals surface area contributed by atoms with Crippen LogP contribution in [0.2, 0.25) is 0 Å². The Balaban J connectivity index is 1.13. The summed E-state index contributed by atoms with van der Waals surface area (Å²) in [7, 11) is 0. The first-order valence-corrected chi connectivity index (χ1v) is 12.2. The third kappa shape index (κ3) is 5.77. The van der Waals surface area contributed by atoms with Crippen LogP contribution in [-0.4, -0.2) is 49.4 Å². The average Bonchev–Trinajstić information content (AvgIpc) is 3.61. The first-order chi connectivity index (χ1) is 18.4. The summed E-state index contributed by atoms with van der Waals surface area (Å²) in [6.45, 7) is -1.69. The Morgan fingerprint density at radius 2 is 1.63 bits per heavy atom. The maximum Gasteiger partial charge on any atom is 0.333 e. The summed E-state index contributed by atoms with van der Waals surface area (Å²) in [6, 6.07) is 15.1. The molecule has 2 aromatic heterocycles. The monoisotopic (exact) mass is 522 g/mol. The quantitative estimate of drug-likeness (QED) is 0.373. The van der Waals surface area contributed by atoms with Gasteiger partial charge in [-0.15, -0.1) is 0 Å². The molecule has 5 rings (SSSR count). The second-order valence-electron chi connectivity index (χ2n) is 9.15. The molecule has 0 bridgehead atoms. The highest BCUT2D eigenvalue weighted by Crippen LogP contribution is 2.25. The number of carbonyl (C=O) groups is 2. The molecule has 1 saturated heterocycles. The van der Waals surface area contributed by atoms with Crippen LogP contribution in [-0.2, 0) is 6.42 Å². The molecule has 11 heteroatoms. The number of benzene rings is 2. The van der Waals surface area contributed by atoms with Gasteiger partial charge in [-0.05, 0) is 60.7 Å². The lowest BCUT2D eigenvalue weighted by molar-refractivity contribution is 0.0561. The predicted octanol–water partition coefficient (Wildman–Crippen LogP) is 4.93. The van der Waals surface area contributed by atoms with Crippen molar-refractivity contribution in [3.63, 3.8) is 0 Å². The topological polar surface area (TPSA) is 85.0 Å². The van der Waals surface area contributed by atoms with Crippen molar-refractivity contribution in [2.45, 2.75) is 31.9 Å². The van der Waals surface area contributed by atoms with Gasteiger partial charge < -0.3 is 10.2 Å². The number of hydrogen-bond acceptors (Lipinski definition) is 4. The minimum Gasteiger partial charge on any atom is -0.338 e. The fourth-order valence-corrected chi connectivity index (χ4v) is 4.48. The molecule has 1 aliphatic heterocycles. The number of nitrogens with one attached hydrogen (secondary N) is 1. The van der Waals surface area contributed by atoms with Gasteiger partial charge in [0.25, 0.3) is 11.8 Å². The number of likely N-dealkylation sites (tertiary alicyclic amines) is 1. The van der Waals surface area contributed by atoms with E-state index < -0.39 is 12.5 Å². The maximum atomic E-state index is 13.1. The Kier molecular flexibility index (Phi) is 7.25. The lowest BCUT2D eigenvalue weighted by atomic mass is 10.0. The minimum atomic E-state index is -2.82. The number of nitrogens with zero attached hydrogens (tertiary/aromatic N) is 5. The summed E-state index contributed by atoms with van der Waals surface area (Å²) in [5.41, 5.74) is 2.96. The van der Waals surface area contributed by atoms with Gasteiger partial charge in [0, 0.05) is 31.0 Å². The number of aromatic nitrogens is 4. The maximum absolute atomic E-state index is 13.1. The number of piperidine rings is 1. The fraction of sp³-hybridized carbons (Fsp3) is 0.259. The Hall–Kier alpha value is -4.41. The highest BCUT2D eigenvalue weighted by Gasteiger charge is 2.25. The molecule has 0 unspecified atom stereocenters. The van der Waals surface area contributed by atoms with Gasteiger partial charge in [-0.1, -0.05) is 24.3 Å². The van der Waals surface area contributed by atoms with Gasteiger partial charge in [-0.25, -0.2) is 9.07 Å². The molecule has 38 heavy (non-hydrogen) atoms. The van der Waals surface area contributed by atoms with Crippen LogP contribution in [0.1, 0.15) is 57.4 Å². The van der Waals surface area contributed by atoms with Crippen molar-refractivity contribution >= 4 is 17.5 Å². The van der Waals surface area contributed by atoms with Crippen LogP contribution in [0.25, 0.3) is 0 Å². The molecule has 0 atom stereocenters. The lowest BCUT2D eigenvalue weighted by Crippen LogP contribution is -2.39. The van der Waals surface area contributed by atoms with Crippen molar-refractivity contribution in [1.82, 2.24) is 24.5 Å². The summed E-state index contributed by atoms with van der Waals surface area (Å²) in [6.07, 6.45) is 6.27. The van der Waals surface area contributed by atoms with E-state index in [0.717, 1.165) is 17.3 Å². The highest BCUT2D eigenvalue weighted by molar-refractivity contribution is 6.02. The van der Waals surface area contributed by atoms with E-state index >= 15 is 0 Å². The number of anilines is 1. The minimum absolute atomic E-state index is 0.0339. The van der Waals surface area contributed by atoms with Gasteiger partial charge in [-0.3, -0.25) is 14.3 Å². The van der Waals surface area contributed by atoms with E-state index in [4.69, 9.17) is 0 Å². The van der Waals surface area contributed by atoms with E-state index in [9.17, 15) is 22.8 Å². The van der Waals surface area contributed by atoms with Crippen molar-refractivity contribution in [1.29, 1.82) is 0 Å². The molecule has 4 aromatic rings. The standard InChI is InChI=1S/C27H25F3N6O2/c28-21-7-3-19(4-8-21)15-18-1-5-20(6-2-18)26(38)34-12-9-23(10-13-34)36-17-22(16-31-36)32-25(37)24-11-14-35(33-24)27(29)30/h1-8,11,14,16-17,23,27H,9-10,12-13,15H2,(H,32,37). The molecule has 1 aliphatic rings. The summed E-state index contributed by atoms with van der Waals surface area (Å²) in [5.74, 6) is -0.905. The number of amides is 2. The third-order valence-corrected chi connectivity index (χ3v) is 6.55. The number of hydrogen-bond donors (Lipinski definition) is 1. The first-order valence-electron chi connectivity index (χ1n) is 12.2. The normalized spacial score (nSPS) is 14.2. The van der Waals surface area contributed by atoms with Crippen molar-refractivity contribution in [3.05, 3.63) is 101 Å². The van der Waals surface area contributed by atoms with E-state index in [-0.39, 0.29) is 23.5 Å². The summed E-state index contributed by atoms with van der Waals surface area (Å²) in [5, 5.41) is 10.5. The van der Waals surface area contributed by atoms with E-state index in [0.29, 0.717) is 48.3 Å². The Bertz CT molecular complexity index is 1410. The number of rotatable bonds is 7. The SMILES string of the molecule is O=C(Nc1cnn(C2CCN(C(=O)c3ccc(Cc4ccc(F)cc4)cc3)CC2)c1)c1ccn(C(F)F)n1. The zero-order valence-corrected chi connectivity index (χ0v) is 20.3. The summed E-state index contributed by atoms with van der Waals surface area (Å²) in [4.78, 5) is 27.1. The molecule has 196 valence electrons. The van der Waals surface area contributed by atoms with Gasteiger partial charge >= 0.3 is 6.55 Å². The van der Waals surface area contributed by atoms with Gasteiger partial charge in [0.2, 0.25) is 0 Å². The van der Waals surface area contributed by atoms with Gasteiger partial charge in [-0.2, -0.15) is 19.0 Å². The molecular weight excluding hydrogens is 497 g/mol. The molecule has 1 fully saturated rings. The average molecular weight is 523 g/mol. The molecule has 8 nitrogen and oxygen atoms in total. The summed E-state index contributed by atoms with van der Waals surface area (Å²) < 4.78 is 40.6. The van der Waals surface area contributed by atoms with E-state index in [2.05, 4.69) is 15.5 Å². The van der Waals surface area contributed by atoms with Crippen LogP contribution in [0, 0.1) is 5.82 Å². The Morgan fingerprint density at radius 1 is 0.974 bits per heavy atom. The molecular formula is C27H25F3N6O2. The van der Waals surface area contributed by atoms with Crippen molar-refractivity contribution in [2.75, 3.05) is 18.4 Å². The van der Waals surface area contributed by atoms with Gasteiger partial charge in [0.15, 0.2) is 5.69 Å². The van der Waals surface area contributed by atoms with Crippen LogP contribution < -0.4 is 5.32 Å². The van der Waals surface area contributed by atoms with Crippen LogP contribution in [0.15, 0.2) is 73.2 Å². The highest BCUT2D eigenvalue weighted by atomic mass is 19.3. The van der Waals surface area contributed by atoms with Crippen molar-refractivity contribution in [3.8, 4) is 0 Å². The molecule has 1 N–H and O–H groups in total.